The van der Waals surface area contributed by atoms with E-state index in [4.69, 9.17) is 11.6 Å². The molecule has 0 atom stereocenters. The third-order valence-electron chi connectivity index (χ3n) is 2.85. The van der Waals surface area contributed by atoms with Crippen molar-refractivity contribution >= 4 is 39.1 Å². The number of aromatic nitrogens is 2. The average Bonchev–Trinajstić information content (AvgIpc) is 2.60. The van der Waals surface area contributed by atoms with Crippen LogP contribution in [0.3, 0.4) is 0 Å². The number of rotatable bonds is 2. The fourth-order valence-electron chi connectivity index (χ4n) is 1.63. The average molecular weight is 343 g/mol. The van der Waals surface area contributed by atoms with Crippen LogP contribution >= 0.6 is 27.5 Å². The van der Waals surface area contributed by atoms with E-state index in [2.05, 4.69) is 26.3 Å². The summed E-state index contributed by atoms with van der Waals surface area (Å²) in [5.41, 5.74) is 2.79. The lowest BCUT2D eigenvalue weighted by Crippen LogP contribution is -2.14. The molecule has 2 aromatic rings. The molecule has 1 aromatic carbocycles. The summed E-state index contributed by atoms with van der Waals surface area (Å²) in [7, 11) is 1.75. The quantitative estimate of drug-likeness (QED) is 0.904. The molecule has 2 rings (SSSR count). The van der Waals surface area contributed by atoms with Crippen LogP contribution in [0.5, 0.6) is 0 Å². The second-order valence-electron chi connectivity index (χ2n) is 4.31. The van der Waals surface area contributed by atoms with Gasteiger partial charge in [-0.05, 0) is 47.5 Å². The lowest BCUT2D eigenvalue weighted by molar-refractivity contribution is 0.102. The molecule has 0 radical (unpaired) electrons. The van der Waals surface area contributed by atoms with Crippen molar-refractivity contribution in [1.29, 1.82) is 0 Å². The van der Waals surface area contributed by atoms with Crippen molar-refractivity contribution in [2.45, 2.75) is 13.8 Å². The molecule has 1 amide bonds. The summed E-state index contributed by atoms with van der Waals surface area (Å²) in [6.45, 7) is 3.79. The molecule has 1 heterocycles. The highest BCUT2D eigenvalue weighted by atomic mass is 79.9. The fourth-order valence-corrected chi connectivity index (χ4v) is 2.47. The highest BCUT2D eigenvalue weighted by Crippen LogP contribution is 2.25. The van der Waals surface area contributed by atoms with Gasteiger partial charge in [0.2, 0.25) is 0 Å². The predicted molar refractivity (Wildman–Crippen MR) is 79.8 cm³/mol. The van der Waals surface area contributed by atoms with Gasteiger partial charge in [0.25, 0.3) is 5.91 Å². The number of nitrogens with zero attached hydrogens (tertiary/aromatic N) is 2. The minimum Gasteiger partial charge on any atom is -0.319 e. The SMILES string of the molecule is Cc1ccc(NC(=O)c2nn(C)c(C)c2Cl)c(Br)c1. The number of carbonyl (C=O) groups is 1. The Morgan fingerprint density at radius 3 is 2.63 bits per heavy atom. The van der Waals surface area contributed by atoms with Gasteiger partial charge >= 0.3 is 0 Å². The van der Waals surface area contributed by atoms with E-state index in [1.54, 1.807) is 11.7 Å². The normalized spacial score (nSPS) is 10.6. The van der Waals surface area contributed by atoms with Gasteiger partial charge in [0, 0.05) is 11.5 Å². The lowest BCUT2D eigenvalue weighted by atomic mass is 10.2. The molecule has 0 fully saturated rings. The molecule has 0 saturated heterocycles. The van der Waals surface area contributed by atoms with Crippen LogP contribution in [-0.2, 0) is 7.05 Å². The number of benzene rings is 1. The van der Waals surface area contributed by atoms with E-state index in [1.807, 2.05) is 32.0 Å². The number of nitrogens with one attached hydrogen (secondary N) is 1. The molecule has 19 heavy (non-hydrogen) atoms. The minimum absolute atomic E-state index is 0.231. The Balaban J connectivity index is 2.28. The Morgan fingerprint density at radius 2 is 2.11 bits per heavy atom. The minimum atomic E-state index is -0.321. The molecule has 6 heteroatoms. The van der Waals surface area contributed by atoms with Crippen molar-refractivity contribution in [3.8, 4) is 0 Å². The first-order chi connectivity index (χ1) is 8.90. The molecule has 100 valence electrons. The van der Waals surface area contributed by atoms with Crippen LogP contribution in [0.1, 0.15) is 21.7 Å². The summed E-state index contributed by atoms with van der Waals surface area (Å²) in [6, 6.07) is 5.69. The fraction of sp³-hybridized carbons (Fsp3) is 0.231. The van der Waals surface area contributed by atoms with Crippen molar-refractivity contribution in [2.24, 2.45) is 7.05 Å². The molecule has 0 aliphatic carbocycles. The molecular formula is C13H13BrClN3O. The third-order valence-corrected chi connectivity index (χ3v) is 3.96. The molecule has 0 unspecified atom stereocenters. The van der Waals surface area contributed by atoms with Gasteiger partial charge in [0.1, 0.15) is 0 Å². The second kappa shape index (κ2) is 5.35. The van der Waals surface area contributed by atoms with Crippen molar-refractivity contribution < 1.29 is 4.79 Å². The van der Waals surface area contributed by atoms with E-state index in [9.17, 15) is 4.79 Å². The lowest BCUT2D eigenvalue weighted by Gasteiger charge is -2.06. The van der Waals surface area contributed by atoms with Gasteiger partial charge in [0.05, 0.1) is 16.4 Å². The number of anilines is 1. The summed E-state index contributed by atoms with van der Waals surface area (Å²) >= 11 is 9.50. The summed E-state index contributed by atoms with van der Waals surface area (Å²) < 4.78 is 2.41. The Kier molecular flexibility index (Phi) is 3.96. The molecule has 0 bridgehead atoms. The largest absolute Gasteiger partial charge is 0.319 e. The van der Waals surface area contributed by atoms with Crippen LogP contribution < -0.4 is 5.32 Å². The predicted octanol–water partition coefficient (Wildman–Crippen LogP) is 3.71. The number of halogens is 2. The monoisotopic (exact) mass is 341 g/mol. The van der Waals surface area contributed by atoms with E-state index in [1.165, 1.54) is 0 Å². The van der Waals surface area contributed by atoms with E-state index in [0.717, 1.165) is 15.7 Å². The zero-order valence-corrected chi connectivity index (χ0v) is 13.1. The molecule has 4 nitrogen and oxygen atoms in total. The van der Waals surface area contributed by atoms with E-state index < -0.39 is 0 Å². The standard InChI is InChI=1S/C13H13BrClN3O/c1-7-4-5-10(9(14)6-7)16-13(19)12-11(15)8(2)18(3)17-12/h4-6H,1-3H3,(H,16,19). The van der Waals surface area contributed by atoms with E-state index in [-0.39, 0.29) is 11.6 Å². The van der Waals surface area contributed by atoms with Gasteiger partial charge in [-0.15, -0.1) is 0 Å². The molecule has 0 spiro atoms. The number of amides is 1. The molecular weight excluding hydrogens is 330 g/mol. The van der Waals surface area contributed by atoms with Crippen molar-refractivity contribution in [2.75, 3.05) is 5.32 Å². The molecule has 1 aromatic heterocycles. The van der Waals surface area contributed by atoms with Crippen LogP contribution in [0, 0.1) is 13.8 Å². The van der Waals surface area contributed by atoms with Gasteiger partial charge in [-0.3, -0.25) is 9.48 Å². The molecule has 1 N–H and O–H groups in total. The van der Waals surface area contributed by atoms with Crippen LogP contribution in [0.4, 0.5) is 5.69 Å². The van der Waals surface area contributed by atoms with Crippen LogP contribution in [0.15, 0.2) is 22.7 Å². The maximum Gasteiger partial charge on any atom is 0.277 e. The van der Waals surface area contributed by atoms with Gasteiger partial charge in [-0.2, -0.15) is 5.10 Å². The van der Waals surface area contributed by atoms with Crippen molar-refractivity contribution in [3.05, 3.63) is 44.6 Å². The first-order valence-electron chi connectivity index (χ1n) is 5.66. The summed E-state index contributed by atoms with van der Waals surface area (Å²) in [4.78, 5) is 12.1. The highest BCUT2D eigenvalue weighted by molar-refractivity contribution is 9.10. The second-order valence-corrected chi connectivity index (χ2v) is 5.54. The Labute approximate surface area is 124 Å². The summed E-state index contributed by atoms with van der Waals surface area (Å²) in [5, 5.41) is 7.28. The van der Waals surface area contributed by atoms with Gasteiger partial charge in [-0.1, -0.05) is 17.7 Å². The van der Waals surface area contributed by atoms with Crippen molar-refractivity contribution in [1.82, 2.24) is 9.78 Å². The Bertz CT molecular complexity index is 652. The topological polar surface area (TPSA) is 46.9 Å². The van der Waals surface area contributed by atoms with Gasteiger partial charge < -0.3 is 5.32 Å². The summed E-state index contributed by atoms with van der Waals surface area (Å²) in [6.07, 6.45) is 0. The number of hydrogen-bond acceptors (Lipinski definition) is 2. The zero-order chi connectivity index (χ0) is 14.2. The number of hydrogen-bond donors (Lipinski definition) is 1. The van der Waals surface area contributed by atoms with E-state index >= 15 is 0 Å². The maximum absolute atomic E-state index is 12.1. The van der Waals surface area contributed by atoms with Crippen LogP contribution in [0.25, 0.3) is 0 Å². The van der Waals surface area contributed by atoms with E-state index in [0.29, 0.717) is 10.7 Å². The maximum atomic E-state index is 12.1. The van der Waals surface area contributed by atoms with Gasteiger partial charge in [-0.25, -0.2) is 0 Å². The summed E-state index contributed by atoms with van der Waals surface area (Å²) in [5.74, 6) is -0.321. The van der Waals surface area contributed by atoms with Crippen molar-refractivity contribution in [3.63, 3.8) is 0 Å². The Hall–Kier alpha value is -1.33. The van der Waals surface area contributed by atoms with Crippen LogP contribution in [0.2, 0.25) is 5.02 Å². The van der Waals surface area contributed by atoms with Gasteiger partial charge in [0.15, 0.2) is 5.69 Å². The number of aryl methyl sites for hydroxylation is 2. The molecule has 0 aliphatic heterocycles. The smallest absolute Gasteiger partial charge is 0.277 e. The molecule has 0 saturated carbocycles. The highest BCUT2D eigenvalue weighted by Gasteiger charge is 2.18. The first-order valence-corrected chi connectivity index (χ1v) is 6.84. The first kappa shape index (κ1) is 14.1. The molecule has 0 aliphatic rings. The number of carbonyl (C=O) groups excluding carboxylic acids is 1. The van der Waals surface area contributed by atoms with Crippen LogP contribution in [-0.4, -0.2) is 15.7 Å². The zero-order valence-electron chi connectivity index (χ0n) is 10.8. The third kappa shape index (κ3) is 2.82. The Morgan fingerprint density at radius 1 is 1.42 bits per heavy atom.